The first-order valence-electron chi connectivity index (χ1n) is 3.93. The van der Waals surface area contributed by atoms with Crippen LogP contribution in [0.15, 0.2) is 22.2 Å². The largest absolute Gasteiger partial charge is 0.0839 e. The standard InChI is InChI=1S/C9H11Br/c10-9-4-2-1-3-8(9)7-5-6-7/h1,3,7H,2,4-6H2. The fraction of sp³-hybridized carbons (Fsp3) is 0.556. The molecule has 10 heavy (non-hydrogen) atoms. The molecule has 0 saturated heterocycles. The van der Waals surface area contributed by atoms with Gasteiger partial charge in [-0.3, -0.25) is 0 Å². The van der Waals surface area contributed by atoms with Crippen LogP contribution in [0.4, 0.5) is 0 Å². The maximum atomic E-state index is 3.62. The highest BCUT2D eigenvalue weighted by atomic mass is 79.9. The van der Waals surface area contributed by atoms with Gasteiger partial charge >= 0.3 is 0 Å². The third kappa shape index (κ3) is 1.20. The van der Waals surface area contributed by atoms with Crippen LogP contribution in [0.2, 0.25) is 0 Å². The Morgan fingerprint density at radius 2 is 2.20 bits per heavy atom. The number of hydrogen-bond donors (Lipinski definition) is 0. The van der Waals surface area contributed by atoms with Gasteiger partial charge in [-0.15, -0.1) is 0 Å². The zero-order chi connectivity index (χ0) is 6.97. The molecule has 1 heteroatoms. The van der Waals surface area contributed by atoms with Gasteiger partial charge in [0.1, 0.15) is 0 Å². The first-order valence-corrected chi connectivity index (χ1v) is 4.72. The van der Waals surface area contributed by atoms with Crippen molar-refractivity contribution in [3.63, 3.8) is 0 Å². The van der Waals surface area contributed by atoms with Gasteiger partial charge in [0.2, 0.25) is 0 Å². The summed E-state index contributed by atoms with van der Waals surface area (Å²) < 4.78 is 1.46. The molecule has 0 unspecified atom stereocenters. The highest BCUT2D eigenvalue weighted by Crippen LogP contribution is 2.42. The highest BCUT2D eigenvalue weighted by molar-refractivity contribution is 9.11. The zero-order valence-corrected chi connectivity index (χ0v) is 7.52. The van der Waals surface area contributed by atoms with Gasteiger partial charge < -0.3 is 0 Å². The molecule has 0 bridgehead atoms. The molecule has 54 valence electrons. The predicted molar refractivity (Wildman–Crippen MR) is 47.1 cm³/mol. The summed E-state index contributed by atoms with van der Waals surface area (Å²) in [7, 11) is 0. The van der Waals surface area contributed by atoms with Crippen molar-refractivity contribution < 1.29 is 0 Å². The smallest absolute Gasteiger partial charge is 0.00116 e. The first kappa shape index (κ1) is 6.66. The van der Waals surface area contributed by atoms with Gasteiger partial charge in [0.25, 0.3) is 0 Å². The van der Waals surface area contributed by atoms with E-state index in [9.17, 15) is 0 Å². The van der Waals surface area contributed by atoms with E-state index in [1.807, 2.05) is 0 Å². The zero-order valence-electron chi connectivity index (χ0n) is 5.94. The van der Waals surface area contributed by atoms with Crippen molar-refractivity contribution in [3.05, 3.63) is 22.2 Å². The van der Waals surface area contributed by atoms with Crippen LogP contribution in [0.3, 0.4) is 0 Å². The van der Waals surface area contributed by atoms with Crippen LogP contribution in [-0.2, 0) is 0 Å². The predicted octanol–water partition coefficient (Wildman–Crippen LogP) is 3.40. The van der Waals surface area contributed by atoms with Gasteiger partial charge in [0.15, 0.2) is 0 Å². The molecule has 2 aliphatic rings. The van der Waals surface area contributed by atoms with E-state index < -0.39 is 0 Å². The summed E-state index contributed by atoms with van der Waals surface area (Å²) in [6.07, 6.45) is 9.85. The summed E-state index contributed by atoms with van der Waals surface area (Å²) in [5.41, 5.74) is 1.58. The molecular formula is C9H11Br. The topological polar surface area (TPSA) is 0 Å². The summed E-state index contributed by atoms with van der Waals surface area (Å²) in [5.74, 6) is 0.908. The van der Waals surface area contributed by atoms with E-state index in [2.05, 4.69) is 28.1 Å². The molecule has 0 amide bonds. The summed E-state index contributed by atoms with van der Waals surface area (Å²) in [6, 6.07) is 0. The van der Waals surface area contributed by atoms with Crippen molar-refractivity contribution in [1.29, 1.82) is 0 Å². The minimum absolute atomic E-state index is 0.908. The first-order chi connectivity index (χ1) is 4.88. The van der Waals surface area contributed by atoms with Gasteiger partial charge in [-0.1, -0.05) is 28.1 Å². The van der Waals surface area contributed by atoms with Crippen molar-refractivity contribution in [2.75, 3.05) is 0 Å². The molecule has 0 N–H and O–H groups in total. The third-order valence-corrected chi connectivity index (χ3v) is 3.01. The maximum Gasteiger partial charge on any atom is -0.00116 e. The van der Waals surface area contributed by atoms with Gasteiger partial charge in [0, 0.05) is 0 Å². The van der Waals surface area contributed by atoms with Gasteiger partial charge in [-0.25, -0.2) is 0 Å². The van der Waals surface area contributed by atoms with E-state index in [-0.39, 0.29) is 0 Å². The SMILES string of the molecule is BrC1=C(C2CC2)C=CCC1. The van der Waals surface area contributed by atoms with Gasteiger partial charge in [-0.05, 0) is 41.7 Å². The van der Waals surface area contributed by atoms with E-state index in [1.54, 1.807) is 5.57 Å². The lowest BCUT2D eigenvalue weighted by Crippen LogP contribution is -1.90. The fourth-order valence-corrected chi connectivity index (χ4v) is 2.09. The third-order valence-electron chi connectivity index (χ3n) is 2.16. The molecule has 2 aliphatic carbocycles. The fourth-order valence-electron chi connectivity index (χ4n) is 1.41. The van der Waals surface area contributed by atoms with Crippen molar-refractivity contribution in [1.82, 2.24) is 0 Å². The van der Waals surface area contributed by atoms with E-state index in [1.165, 1.54) is 30.2 Å². The molecule has 0 spiro atoms. The number of allylic oxidation sites excluding steroid dienone is 4. The summed E-state index contributed by atoms with van der Waals surface area (Å²) >= 11 is 3.62. The van der Waals surface area contributed by atoms with E-state index in [0.29, 0.717) is 0 Å². The molecule has 1 fully saturated rings. The number of halogens is 1. The van der Waals surface area contributed by atoms with Crippen LogP contribution in [-0.4, -0.2) is 0 Å². The van der Waals surface area contributed by atoms with E-state index >= 15 is 0 Å². The molecule has 0 aromatic rings. The Labute approximate surface area is 70.1 Å². The Kier molecular flexibility index (Phi) is 1.69. The lowest BCUT2D eigenvalue weighted by molar-refractivity contribution is 0.940. The molecule has 1 saturated carbocycles. The quantitative estimate of drug-likeness (QED) is 0.607. The Morgan fingerprint density at radius 3 is 2.80 bits per heavy atom. The van der Waals surface area contributed by atoms with Crippen LogP contribution >= 0.6 is 15.9 Å². The molecule has 0 aromatic heterocycles. The Hall–Kier alpha value is -0.0400. The van der Waals surface area contributed by atoms with Crippen molar-refractivity contribution in [2.24, 2.45) is 5.92 Å². The average Bonchev–Trinajstić information content (AvgIpc) is 2.71. The van der Waals surface area contributed by atoms with Crippen molar-refractivity contribution in [3.8, 4) is 0 Å². The van der Waals surface area contributed by atoms with Crippen LogP contribution in [0.25, 0.3) is 0 Å². The Bertz CT molecular complexity index is 197. The maximum absolute atomic E-state index is 3.62. The van der Waals surface area contributed by atoms with E-state index in [4.69, 9.17) is 0 Å². The van der Waals surface area contributed by atoms with E-state index in [0.717, 1.165) is 5.92 Å². The van der Waals surface area contributed by atoms with Crippen LogP contribution in [0.1, 0.15) is 25.7 Å². The minimum Gasteiger partial charge on any atom is -0.0839 e. The second-order valence-electron chi connectivity index (χ2n) is 3.08. The molecule has 0 atom stereocenters. The molecule has 0 heterocycles. The number of rotatable bonds is 1. The van der Waals surface area contributed by atoms with Crippen molar-refractivity contribution >= 4 is 15.9 Å². The van der Waals surface area contributed by atoms with Crippen LogP contribution < -0.4 is 0 Å². The highest BCUT2D eigenvalue weighted by Gasteiger charge is 2.26. The summed E-state index contributed by atoms with van der Waals surface area (Å²) in [4.78, 5) is 0. The molecule has 0 radical (unpaired) electrons. The number of hydrogen-bond acceptors (Lipinski definition) is 0. The lowest BCUT2D eigenvalue weighted by Gasteiger charge is -2.08. The summed E-state index contributed by atoms with van der Waals surface area (Å²) in [5, 5.41) is 0. The van der Waals surface area contributed by atoms with Crippen molar-refractivity contribution in [2.45, 2.75) is 25.7 Å². The van der Waals surface area contributed by atoms with Gasteiger partial charge in [-0.2, -0.15) is 0 Å². The minimum atomic E-state index is 0.908. The summed E-state index contributed by atoms with van der Waals surface area (Å²) in [6.45, 7) is 0. The Morgan fingerprint density at radius 1 is 1.40 bits per heavy atom. The second-order valence-corrected chi connectivity index (χ2v) is 4.03. The Balaban J connectivity index is 2.21. The monoisotopic (exact) mass is 198 g/mol. The molecule has 0 aromatic carbocycles. The van der Waals surface area contributed by atoms with Crippen LogP contribution in [0, 0.1) is 5.92 Å². The molecule has 0 aliphatic heterocycles. The van der Waals surface area contributed by atoms with Crippen LogP contribution in [0.5, 0.6) is 0 Å². The normalized spacial score (nSPS) is 25.7. The average molecular weight is 199 g/mol. The molecule has 2 rings (SSSR count). The molecule has 0 nitrogen and oxygen atoms in total. The second kappa shape index (κ2) is 2.54. The lowest BCUT2D eigenvalue weighted by atomic mass is 10.0. The van der Waals surface area contributed by atoms with Gasteiger partial charge in [0.05, 0.1) is 0 Å². The molecular weight excluding hydrogens is 188 g/mol.